The van der Waals surface area contributed by atoms with Gasteiger partial charge in [-0.15, -0.1) is 0 Å². The van der Waals surface area contributed by atoms with Crippen molar-refractivity contribution >= 4 is 21.8 Å². The largest absolute Gasteiger partial charge is 0.341 e. The van der Waals surface area contributed by atoms with Crippen LogP contribution in [0, 0.1) is 0 Å². The number of hydrogen-bond acceptors (Lipinski definition) is 4. The first-order chi connectivity index (χ1) is 13.0. The van der Waals surface area contributed by atoms with Gasteiger partial charge in [0.25, 0.3) is 10.0 Å². The van der Waals surface area contributed by atoms with Crippen molar-refractivity contribution in [2.75, 3.05) is 19.6 Å². The number of fused-ring (bicyclic) bond motifs is 1. The third-order valence-corrected chi connectivity index (χ3v) is 6.55. The molecule has 2 aliphatic heterocycles. The molecule has 2 aromatic carbocycles. The molecule has 0 aliphatic carbocycles. The van der Waals surface area contributed by atoms with Gasteiger partial charge in [0.05, 0.1) is 4.90 Å². The SMILES string of the molecule is O=C(CN=C1NS(=O)(=O)c2ccccc21)N1CCC(c2ccccc2)CC1. The number of carbonyl (C=O) groups excluding carboxylic acids is 1. The van der Waals surface area contributed by atoms with Crippen LogP contribution >= 0.6 is 0 Å². The minimum atomic E-state index is -3.57. The maximum Gasteiger partial charge on any atom is 0.263 e. The summed E-state index contributed by atoms with van der Waals surface area (Å²) in [5, 5.41) is 0. The lowest BCUT2D eigenvalue weighted by Gasteiger charge is -2.32. The molecule has 0 spiro atoms. The first kappa shape index (κ1) is 17.7. The van der Waals surface area contributed by atoms with Gasteiger partial charge in [-0.05, 0) is 36.5 Å². The molecule has 2 aromatic rings. The summed E-state index contributed by atoms with van der Waals surface area (Å²) in [6.45, 7) is 1.35. The lowest BCUT2D eigenvalue weighted by atomic mass is 9.89. The molecule has 1 saturated heterocycles. The van der Waals surface area contributed by atoms with Gasteiger partial charge in [0, 0.05) is 18.7 Å². The summed E-state index contributed by atoms with van der Waals surface area (Å²) in [4.78, 5) is 18.8. The first-order valence-corrected chi connectivity index (χ1v) is 10.5. The van der Waals surface area contributed by atoms with Gasteiger partial charge >= 0.3 is 0 Å². The first-order valence-electron chi connectivity index (χ1n) is 9.04. The molecule has 0 radical (unpaired) electrons. The zero-order valence-electron chi connectivity index (χ0n) is 14.8. The van der Waals surface area contributed by atoms with Gasteiger partial charge in [-0.3, -0.25) is 14.5 Å². The van der Waals surface area contributed by atoms with Crippen LogP contribution in [0.3, 0.4) is 0 Å². The van der Waals surface area contributed by atoms with E-state index in [4.69, 9.17) is 0 Å². The molecule has 4 rings (SSSR count). The minimum Gasteiger partial charge on any atom is -0.341 e. The lowest BCUT2D eigenvalue weighted by Crippen LogP contribution is -2.39. The second kappa shape index (κ2) is 7.15. The Balaban J connectivity index is 1.39. The molecule has 6 nitrogen and oxygen atoms in total. The van der Waals surface area contributed by atoms with E-state index in [9.17, 15) is 13.2 Å². The highest BCUT2D eigenvalue weighted by molar-refractivity contribution is 7.90. The zero-order chi connectivity index (χ0) is 18.9. The number of likely N-dealkylation sites (tertiary alicyclic amines) is 1. The molecule has 1 N–H and O–H groups in total. The standard InChI is InChI=1S/C20H21N3O3S/c24-19(23-12-10-16(11-13-23)15-6-2-1-3-7-15)14-21-20-17-8-4-5-9-18(17)27(25,26)22-20/h1-9,16H,10-14H2,(H,21,22). The van der Waals surface area contributed by atoms with Crippen molar-refractivity contribution in [3.05, 3.63) is 65.7 Å². The van der Waals surface area contributed by atoms with E-state index in [2.05, 4.69) is 21.8 Å². The fourth-order valence-corrected chi connectivity index (χ4v) is 4.94. The van der Waals surface area contributed by atoms with E-state index in [1.165, 1.54) is 11.6 Å². The molecular weight excluding hydrogens is 362 g/mol. The van der Waals surface area contributed by atoms with E-state index >= 15 is 0 Å². The Labute approximate surface area is 159 Å². The van der Waals surface area contributed by atoms with Gasteiger partial charge in [-0.25, -0.2) is 8.42 Å². The van der Waals surface area contributed by atoms with E-state index in [0.29, 0.717) is 24.6 Å². The second-order valence-electron chi connectivity index (χ2n) is 6.83. The summed E-state index contributed by atoms with van der Waals surface area (Å²) in [7, 11) is -3.57. The van der Waals surface area contributed by atoms with Crippen LogP contribution in [-0.2, 0) is 14.8 Å². The summed E-state index contributed by atoms with van der Waals surface area (Å²) in [5.41, 5.74) is 1.84. The van der Waals surface area contributed by atoms with Gasteiger partial charge in [-0.1, -0.05) is 42.5 Å². The van der Waals surface area contributed by atoms with Crippen molar-refractivity contribution in [1.29, 1.82) is 0 Å². The van der Waals surface area contributed by atoms with Gasteiger partial charge in [-0.2, -0.15) is 0 Å². The Hall–Kier alpha value is -2.67. The quantitative estimate of drug-likeness (QED) is 0.882. The van der Waals surface area contributed by atoms with E-state index < -0.39 is 10.0 Å². The number of carbonyl (C=O) groups is 1. The molecule has 7 heteroatoms. The zero-order valence-corrected chi connectivity index (χ0v) is 15.7. The molecule has 27 heavy (non-hydrogen) atoms. The summed E-state index contributed by atoms with van der Waals surface area (Å²) in [5.74, 6) is 0.658. The van der Waals surface area contributed by atoms with Crippen LogP contribution in [-0.4, -0.2) is 44.7 Å². The fourth-order valence-electron chi connectivity index (χ4n) is 3.69. The summed E-state index contributed by atoms with van der Waals surface area (Å²) in [6, 6.07) is 17.0. The van der Waals surface area contributed by atoms with Crippen molar-refractivity contribution in [3.63, 3.8) is 0 Å². The number of benzene rings is 2. The third-order valence-electron chi connectivity index (χ3n) is 5.15. The Morgan fingerprint density at radius 3 is 2.44 bits per heavy atom. The van der Waals surface area contributed by atoms with Crippen molar-refractivity contribution in [2.24, 2.45) is 4.99 Å². The third kappa shape index (κ3) is 3.60. The monoisotopic (exact) mass is 383 g/mol. The van der Waals surface area contributed by atoms with Crippen LogP contribution in [0.4, 0.5) is 0 Å². The molecule has 1 amide bonds. The highest BCUT2D eigenvalue weighted by Crippen LogP contribution is 2.28. The summed E-state index contributed by atoms with van der Waals surface area (Å²) < 4.78 is 26.6. The van der Waals surface area contributed by atoms with Gasteiger partial charge < -0.3 is 4.90 Å². The number of sulfonamides is 1. The predicted molar refractivity (Wildman–Crippen MR) is 103 cm³/mol. The van der Waals surface area contributed by atoms with E-state index in [-0.39, 0.29) is 23.2 Å². The highest BCUT2D eigenvalue weighted by atomic mass is 32.2. The maximum absolute atomic E-state index is 12.5. The Morgan fingerprint density at radius 1 is 1.04 bits per heavy atom. The van der Waals surface area contributed by atoms with Crippen molar-refractivity contribution in [3.8, 4) is 0 Å². The van der Waals surface area contributed by atoms with E-state index in [1.54, 1.807) is 18.2 Å². The van der Waals surface area contributed by atoms with Crippen LogP contribution in [0.25, 0.3) is 0 Å². The van der Waals surface area contributed by atoms with Crippen molar-refractivity contribution < 1.29 is 13.2 Å². The number of hydrogen-bond donors (Lipinski definition) is 1. The van der Waals surface area contributed by atoms with Gasteiger partial charge in [0.1, 0.15) is 12.4 Å². The number of nitrogens with one attached hydrogen (secondary N) is 1. The second-order valence-corrected chi connectivity index (χ2v) is 8.48. The topological polar surface area (TPSA) is 78.8 Å². The van der Waals surface area contributed by atoms with Crippen LogP contribution in [0.1, 0.15) is 29.9 Å². The summed E-state index contributed by atoms with van der Waals surface area (Å²) in [6.07, 6.45) is 1.86. The molecule has 0 aromatic heterocycles. The average Bonchev–Trinajstić information content (AvgIpc) is 2.97. The molecule has 2 aliphatic rings. The Kier molecular flexibility index (Phi) is 4.70. The predicted octanol–water partition coefficient (Wildman–Crippen LogP) is 2.13. The Bertz CT molecular complexity index is 979. The molecule has 1 fully saturated rings. The average molecular weight is 383 g/mol. The van der Waals surface area contributed by atoms with E-state index in [1.807, 2.05) is 23.1 Å². The van der Waals surface area contributed by atoms with Crippen molar-refractivity contribution in [2.45, 2.75) is 23.7 Å². The van der Waals surface area contributed by atoms with Crippen molar-refractivity contribution in [1.82, 2.24) is 9.62 Å². The fraction of sp³-hybridized carbons (Fsp3) is 0.300. The number of amides is 1. The highest BCUT2D eigenvalue weighted by Gasteiger charge is 2.30. The number of nitrogens with zero attached hydrogens (tertiary/aromatic N) is 2. The number of rotatable bonds is 3. The lowest BCUT2D eigenvalue weighted by molar-refractivity contribution is -0.130. The van der Waals surface area contributed by atoms with Crippen LogP contribution < -0.4 is 4.72 Å². The number of piperidine rings is 1. The van der Waals surface area contributed by atoms with Crippen LogP contribution in [0.5, 0.6) is 0 Å². The molecule has 140 valence electrons. The van der Waals surface area contributed by atoms with E-state index in [0.717, 1.165) is 12.8 Å². The smallest absolute Gasteiger partial charge is 0.263 e. The summed E-state index contributed by atoms with van der Waals surface area (Å²) >= 11 is 0. The van der Waals surface area contributed by atoms with Crippen LogP contribution in [0.15, 0.2) is 64.5 Å². The molecule has 0 unspecified atom stereocenters. The normalized spacial score (nSPS) is 20.3. The van der Waals surface area contributed by atoms with Gasteiger partial charge in [0.2, 0.25) is 5.91 Å². The molecule has 0 bridgehead atoms. The van der Waals surface area contributed by atoms with Gasteiger partial charge in [0.15, 0.2) is 0 Å². The molecule has 0 atom stereocenters. The maximum atomic E-state index is 12.5. The minimum absolute atomic E-state index is 0.0534. The number of aliphatic imine (C=N–C) groups is 1. The number of amidine groups is 1. The Morgan fingerprint density at radius 2 is 1.70 bits per heavy atom. The molecule has 0 saturated carbocycles. The molecular formula is C20H21N3O3S. The van der Waals surface area contributed by atoms with Crippen LogP contribution in [0.2, 0.25) is 0 Å². The molecule has 2 heterocycles.